The van der Waals surface area contributed by atoms with Crippen LogP contribution in [0.15, 0.2) is 42.5 Å². The van der Waals surface area contributed by atoms with Crippen LogP contribution in [0.3, 0.4) is 0 Å². The molecular formula is C27H27ClF3N3O3. The van der Waals surface area contributed by atoms with Crippen molar-refractivity contribution < 1.29 is 27.8 Å². The Morgan fingerprint density at radius 2 is 1.81 bits per heavy atom. The predicted octanol–water partition coefficient (Wildman–Crippen LogP) is 5.57. The van der Waals surface area contributed by atoms with Crippen LogP contribution in [0.1, 0.15) is 34.3 Å². The summed E-state index contributed by atoms with van der Waals surface area (Å²) in [5.74, 6) is -1.17. The highest BCUT2D eigenvalue weighted by atomic mass is 35.5. The Bertz CT molecular complexity index is 1300. The number of hydrogen-bond acceptors (Lipinski definition) is 5. The maximum atomic E-state index is 13.5. The molecule has 196 valence electrons. The lowest BCUT2D eigenvalue weighted by Gasteiger charge is -2.40. The highest BCUT2D eigenvalue weighted by molar-refractivity contribution is 6.31. The zero-order valence-corrected chi connectivity index (χ0v) is 20.9. The maximum absolute atomic E-state index is 13.5. The third-order valence-electron chi connectivity index (χ3n) is 7.23. The number of piperidine rings is 1. The molecule has 2 saturated heterocycles. The summed E-state index contributed by atoms with van der Waals surface area (Å²) in [5.41, 5.74) is 0.448. The van der Waals surface area contributed by atoms with Gasteiger partial charge in [0.2, 0.25) is 0 Å². The molecule has 1 N–H and O–H groups in total. The first kappa shape index (κ1) is 25.9. The quantitative estimate of drug-likeness (QED) is 0.462. The molecule has 2 aliphatic heterocycles. The van der Waals surface area contributed by atoms with Gasteiger partial charge in [0.05, 0.1) is 35.6 Å². The van der Waals surface area contributed by atoms with E-state index in [1.54, 1.807) is 24.3 Å². The van der Waals surface area contributed by atoms with E-state index in [4.69, 9.17) is 16.3 Å². The molecule has 2 aromatic carbocycles. The second-order valence-corrected chi connectivity index (χ2v) is 9.95. The number of benzene rings is 2. The predicted molar refractivity (Wildman–Crippen MR) is 135 cm³/mol. The molecule has 0 aliphatic carbocycles. The Labute approximate surface area is 217 Å². The van der Waals surface area contributed by atoms with Crippen molar-refractivity contribution in [1.29, 1.82) is 0 Å². The molecule has 10 heteroatoms. The molecular weight excluding hydrogens is 507 g/mol. The summed E-state index contributed by atoms with van der Waals surface area (Å²) < 4.78 is 46.0. The van der Waals surface area contributed by atoms with Gasteiger partial charge in [-0.3, -0.25) is 9.80 Å². The number of fused-ring (bicyclic) bond motifs is 1. The minimum atomic E-state index is -4.53. The van der Waals surface area contributed by atoms with Crippen LogP contribution in [-0.4, -0.2) is 71.3 Å². The van der Waals surface area contributed by atoms with Gasteiger partial charge in [0.15, 0.2) is 0 Å². The minimum absolute atomic E-state index is 0.0233. The van der Waals surface area contributed by atoms with Crippen LogP contribution >= 0.6 is 11.6 Å². The molecule has 0 saturated carbocycles. The Balaban J connectivity index is 1.54. The van der Waals surface area contributed by atoms with Crippen molar-refractivity contribution in [1.82, 2.24) is 14.8 Å². The van der Waals surface area contributed by atoms with Gasteiger partial charge in [-0.25, -0.2) is 9.78 Å². The van der Waals surface area contributed by atoms with E-state index in [0.717, 1.165) is 64.4 Å². The molecule has 37 heavy (non-hydrogen) atoms. The number of halogens is 4. The molecule has 3 heterocycles. The highest BCUT2D eigenvalue weighted by Gasteiger charge is 2.32. The van der Waals surface area contributed by atoms with Crippen molar-refractivity contribution in [3.63, 3.8) is 0 Å². The van der Waals surface area contributed by atoms with Crippen molar-refractivity contribution in [2.24, 2.45) is 0 Å². The Morgan fingerprint density at radius 3 is 2.49 bits per heavy atom. The zero-order chi connectivity index (χ0) is 26.2. The first-order valence-electron chi connectivity index (χ1n) is 12.3. The van der Waals surface area contributed by atoms with Gasteiger partial charge < -0.3 is 9.84 Å². The topological polar surface area (TPSA) is 65.9 Å². The normalized spacial score (nSPS) is 18.4. The summed E-state index contributed by atoms with van der Waals surface area (Å²) in [5, 5.41) is 11.0. The van der Waals surface area contributed by atoms with Gasteiger partial charge in [0.25, 0.3) is 0 Å². The fourth-order valence-corrected chi connectivity index (χ4v) is 5.54. The number of carboxylic acid groups (broad SMARTS) is 1. The molecule has 1 aromatic heterocycles. The van der Waals surface area contributed by atoms with E-state index in [-0.39, 0.29) is 23.4 Å². The monoisotopic (exact) mass is 533 g/mol. The Morgan fingerprint density at radius 1 is 1.08 bits per heavy atom. The molecule has 0 radical (unpaired) electrons. The van der Waals surface area contributed by atoms with Crippen LogP contribution in [0.4, 0.5) is 13.2 Å². The lowest BCUT2D eigenvalue weighted by molar-refractivity contribution is -0.137. The number of rotatable bonds is 5. The van der Waals surface area contributed by atoms with Crippen molar-refractivity contribution in [3.8, 4) is 11.3 Å². The summed E-state index contributed by atoms with van der Waals surface area (Å²) in [6.45, 7) is 5.03. The molecule has 2 aliphatic rings. The fourth-order valence-electron chi connectivity index (χ4n) is 5.36. The first-order chi connectivity index (χ1) is 17.7. The summed E-state index contributed by atoms with van der Waals surface area (Å²) >= 11 is 6.19. The molecule has 5 rings (SSSR count). The van der Waals surface area contributed by atoms with Gasteiger partial charge >= 0.3 is 12.1 Å². The number of morpholine rings is 1. The van der Waals surface area contributed by atoms with Crippen LogP contribution in [-0.2, 0) is 17.5 Å². The molecule has 0 atom stereocenters. The summed E-state index contributed by atoms with van der Waals surface area (Å²) in [6.07, 6.45) is -2.68. The zero-order valence-electron chi connectivity index (χ0n) is 20.1. The Kier molecular flexibility index (Phi) is 7.40. The number of hydrogen-bond donors (Lipinski definition) is 1. The van der Waals surface area contributed by atoms with Crippen molar-refractivity contribution >= 4 is 28.5 Å². The standard InChI is InChI=1S/C27H27ClF3N3O3/c28-19-4-5-23-21(15-19)24(26(35)36)22(25(32-23)17-2-1-3-18(14-17)27(29,30)31)16-33-8-6-20(7-9-33)34-10-12-37-13-11-34/h1-5,14-15,20H,6-13,16H2,(H,35,36). The lowest BCUT2D eigenvalue weighted by Crippen LogP contribution is -2.48. The van der Waals surface area contributed by atoms with Crippen molar-refractivity contribution in [3.05, 3.63) is 64.2 Å². The van der Waals surface area contributed by atoms with Gasteiger partial charge in [0.1, 0.15) is 0 Å². The maximum Gasteiger partial charge on any atom is 0.416 e. The highest BCUT2D eigenvalue weighted by Crippen LogP contribution is 2.36. The Hall–Kier alpha value is -2.72. The lowest BCUT2D eigenvalue weighted by atomic mass is 9.94. The third-order valence-corrected chi connectivity index (χ3v) is 7.46. The SMILES string of the molecule is O=C(O)c1c(CN2CCC(N3CCOCC3)CC2)c(-c2cccc(C(F)(F)F)c2)nc2ccc(Cl)cc12. The molecule has 0 bridgehead atoms. The summed E-state index contributed by atoms with van der Waals surface area (Å²) in [7, 11) is 0. The summed E-state index contributed by atoms with van der Waals surface area (Å²) in [6, 6.07) is 10.1. The van der Waals surface area contributed by atoms with E-state index in [1.807, 2.05) is 0 Å². The molecule has 2 fully saturated rings. The van der Waals surface area contributed by atoms with Crippen LogP contribution in [0.2, 0.25) is 5.02 Å². The van der Waals surface area contributed by atoms with E-state index in [9.17, 15) is 23.1 Å². The number of alkyl halides is 3. The third kappa shape index (κ3) is 5.60. The summed E-state index contributed by atoms with van der Waals surface area (Å²) in [4.78, 5) is 21.8. The average molecular weight is 534 g/mol. The molecule has 6 nitrogen and oxygen atoms in total. The number of pyridine rings is 1. The number of aromatic carboxylic acids is 1. The minimum Gasteiger partial charge on any atom is -0.478 e. The fraction of sp³-hybridized carbons (Fsp3) is 0.407. The van der Waals surface area contributed by atoms with Crippen molar-refractivity contribution in [2.75, 3.05) is 39.4 Å². The number of carboxylic acids is 1. The van der Waals surface area contributed by atoms with E-state index in [0.29, 0.717) is 27.5 Å². The second-order valence-electron chi connectivity index (χ2n) is 9.51. The van der Waals surface area contributed by atoms with Gasteiger partial charge in [-0.2, -0.15) is 13.2 Å². The number of aromatic nitrogens is 1. The van der Waals surface area contributed by atoms with Crippen LogP contribution in [0, 0.1) is 0 Å². The molecule has 0 amide bonds. The molecule has 0 unspecified atom stereocenters. The van der Waals surface area contributed by atoms with E-state index < -0.39 is 17.7 Å². The van der Waals surface area contributed by atoms with Gasteiger partial charge in [0, 0.05) is 47.2 Å². The first-order valence-corrected chi connectivity index (χ1v) is 12.7. The smallest absolute Gasteiger partial charge is 0.416 e. The molecule has 3 aromatic rings. The molecule has 0 spiro atoms. The number of likely N-dealkylation sites (tertiary alicyclic amines) is 1. The van der Waals surface area contributed by atoms with Crippen molar-refractivity contribution in [2.45, 2.75) is 31.6 Å². The van der Waals surface area contributed by atoms with E-state index in [2.05, 4.69) is 14.8 Å². The van der Waals surface area contributed by atoms with Gasteiger partial charge in [-0.15, -0.1) is 0 Å². The van der Waals surface area contributed by atoms with Crippen LogP contribution in [0.25, 0.3) is 22.2 Å². The number of carbonyl (C=O) groups is 1. The largest absolute Gasteiger partial charge is 0.478 e. The average Bonchev–Trinajstić information content (AvgIpc) is 2.88. The van der Waals surface area contributed by atoms with Gasteiger partial charge in [-0.1, -0.05) is 23.7 Å². The van der Waals surface area contributed by atoms with Crippen LogP contribution in [0.5, 0.6) is 0 Å². The van der Waals surface area contributed by atoms with Crippen LogP contribution < -0.4 is 0 Å². The second kappa shape index (κ2) is 10.6. The number of nitrogens with zero attached hydrogens (tertiary/aromatic N) is 3. The number of ether oxygens (including phenoxy) is 1. The van der Waals surface area contributed by atoms with Gasteiger partial charge in [-0.05, 0) is 56.3 Å². The van der Waals surface area contributed by atoms with E-state index >= 15 is 0 Å². The van der Waals surface area contributed by atoms with E-state index in [1.165, 1.54) is 6.07 Å².